The molecule has 0 radical (unpaired) electrons. The molecule has 0 aromatic rings. The van der Waals surface area contributed by atoms with Gasteiger partial charge in [0.15, 0.2) is 25.0 Å². The molecule has 2 amide bonds. The molecule has 17 atom stereocenters. The van der Waals surface area contributed by atoms with E-state index in [2.05, 4.69) is 10.6 Å². The van der Waals surface area contributed by atoms with Gasteiger partial charge in [0.2, 0.25) is 11.8 Å². The molecule has 0 aliphatic carbocycles. The minimum atomic E-state index is -4.65. The Kier molecular flexibility index (Phi) is 26.3. The van der Waals surface area contributed by atoms with E-state index in [-0.39, 0.29) is 51.3 Å². The molecule has 29 heteroatoms. The van der Waals surface area contributed by atoms with Crippen molar-refractivity contribution in [2.45, 2.75) is 151 Å². The Morgan fingerprint density at radius 2 is 1.16 bits per heavy atom. The topological polar surface area (TPSA) is 424 Å². The van der Waals surface area contributed by atoms with Crippen LogP contribution in [-0.2, 0) is 70.7 Å². The number of ether oxygens (including phenoxy) is 8. The lowest BCUT2D eigenvalue weighted by atomic mass is 9.96. The largest absolute Gasteiger partial charge is 0.472 e. The predicted octanol–water partition coefficient (Wildman–Crippen LogP) is -5.79. The van der Waals surface area contributed by atoms with E-state index in [1.807, 2.05) is 0 Å². The van der Waals surface area contributed by atoms with Gasteiger partial charge in [-0.2, -0.15) is 0 Å². The first-order chi connectivity index (χ1) is 32.3. The molecular formula is C39H67N2O26P. The van der Waals surface area contributed by atoms with Crippen LogP contribution >= 0.6 is 7.82 Å². The highest BCUT2D eigenvalue weighted by Crippen LogP contribution is 2.43. The fraction of sp³-hybridized carbons (Fsp3) is 0.846. The highest BCUT2D eigenvalue weighted by molar-refractivity contribution is 7.47. The van der Waals surface area contributed by atoms with Gasteiger partial charge in [-0.1, -0.05) is 12.2 Å². The fourth-order valence-electron chi connectivity index (χ4n) is 6.77. The van der Waals surface area contributed by atoms with Gasteiger partial charge in [-0.25, -0.2) is 4.57 Å². The minimum Gasteiger partial charge on any atom is -0.462 e. The number of hydrogen-bond donors (Lipinski definition) is 13. The molecule has 28 nitrogen and oxygen atoms in total. The van der Waals surface area contributed by atoms with Crippen LogP contribution in [0.5, 0.6) is 0 Å². The number of hydrogen-bond acceptors (Lipinski definition) is 25. The zero-order chi connectivity index (χ0) is 50.6. The quantitative estimate of drug-likeness (QED) is 0.0144. The Morgan fingerprint density at radius 1 is 0.647 bits per heavy atom. The maximum absolute atomic E-state index is 12.3. The summed E-state index contributed by atoms with van der Waals surface area (Å²) in [4.78, 5) is 57.5. The molecule has 3 fully saturated rings. The number of phosphoric acid groups is 1. The number of carbonyl (C=O) groups excluding carboxylic acids is 4. The van der Waals surface area contributed by atoms with E-state index in [4.69, 9.17) is 46.9 Å². The van der Waals surface area contributed by atoms with Crippen LogP contribution in [0.4, 0.5) is 0 Å². The Bertz CT molecular complexity index is 1610. The lowest BCUT2D eigenvalue weighted by molar-refractivity contribution is -0.379. The van der Waals surface area contributed by atoms with Gasteiger partial charge in [0.05, 0.1) is 46.1 Å². The van der Waals surface area contributed by atoms with Gasteiger partial charge in [0, 0.05) is 32.9 Å². The Labute approximate surface area is 390 Å². The van der Waals surface area contributed by atoms with Crippen molar-refractivity contribution in [2.75, 3.05) is 59.3 Å². The lowest BCUT2D eigenvalue weighted by Crippen LogP contribution is -2.66. The number of esters is 2. The third kappa shape index (κ3) is 19.0. The van der Waals surface area contributed by atoms with Crippen LogP contribution in [0.1, 0.15) is 52.4 Å². The maximum atomic E-state index is 12.3. The average molecular weight is 1010 g/mol. The molecule has 0 spiro atoms. The van der Waals surface area contributed by atoms with Crippen molar-refractivity contribution < 1.29 is 127 Å². The van der Waals surface area contributed by atoms with Crippen molar-refractivity contribution in [2.24, 2.45) is 0 Å². The van der Waals surface area contributed by atoms with Gasteiger partial charge in [-0.15, -0.1) is 0 Å². The Balaban J connectivity index is 1.31. The SMILES string of the molecule is C/C=C\CC(=O)O[C@H](COC(C)=O)COP(=O)(O)OCCNC(=O)CCCCC(=O)NCCCO[C@@H]1OC(CO)[C@@H](O[C@@H]2OC(CO)[C@H](O[C@H]3OC(CO)[C@H](O)C(O)C3O)C(O)C2O)C(O)C1O. The summed E-state index contributed by atoms with van der Waals surface area (Å²) in [6, 6.07) is 0. The van der Waals surface area contributed by atoms with Crippen LogP contribution in [0.2, 0.25) is 0 Å². The molecule has 0 saturated carbocycles. The molecule has 394 valence electrons. The van der Waals surface area contributed by atoms with E-state index in [1.54, 1.807) is 13.0 Å². The first-order valence-electron chi connectivity index (χ1n) is 21.8. The van der Waals surface area contributed by atoms with E-state index < -0.39 is 164 Å². The summed E-state index contributed by atoms with van der Waals surface area (Å²) in [6.07, 6.45) is -22.7. The highest BCUT2D eigenvalue weighted by atomic mass is 31.2. The molecule has 10 unspecified atom stereocenters. The van der Waals surface area contributed by atoms with Crippen LogP contribution < -0.4 is 10.6 Å². The van der Waals surface area contributed by atoms with Gasteiger partial charge < -0.3 is 104 Å². The molecule has 3 saturated heterocycles. The standard InChI is InChI=1S/C39H67N2O26P/c1-3-4-10-27(48)62-21(18-59-20(2)45)19-61-68(56,57)60-14-12-41-26(47)9-6-5-8-25(46)40-11-7-13-58-37-33(54)30(51)35(23(16-43)64-37)67-39-34(55)31(52)36(24(17-44)65-39)66-38-32(53)29(50)28(49)22(15-42)63-38/h3-4,21-24,28-39,42-44,49-55H,5-19H2,1-2H3,(H,40,46)(H,41,47)(H,56,57)/b4-3-/t21-,22?,23?,24?,28+,29?,30?,31?,32?,33?,34?,35-,36+,37-,38-,39+/m1/s1. The van der Waals surface area contributed by atoms with E-state index in [1.165, 1.54) is 6.08 Å². The lowest BCUT2D eigenvalue weighted by Gasteiger charge is -2.48. The molecule has 13 N–H and O–H groups in total. The summed E-state index contributed by atoms with van der Waals surface area (Å²) in [5.74, 6) is -2.11. The van der Waals surface area contributed by atoms with E-state index in [0.29, 0.717) is 12.8 Å². The van der Waals surface area contributed by atoms with E-state index in [9.17, 15) is 79.7 Å². The fourth-order valence-corrected chi connectivity index (χ4v) is 7.52. The second-order valence-corrected chi connectivity index (χ2v) is 17.2. The van der Waals surface area contributed by atoms with Crippen molar-refractivity contribution in [1.29, 1.82) is 0 Å². The van der Waals surface area contributed by atoms with Crippen LogP contribution in [-0.4, -0.2) is 237 Å². The molecule has 0 aromatic heterocycles. The van der Waals surface area contributed by atoms with Crippen LogP contribution in [0.15, 0.2) is 12.2 Å². The second-order valence-electron chi connectivity index (χ2n) is 15.7. The molecular weight excluding hydrogens is 943 g/mol. The molecule has 0 aromatic carbocycles. The van der Waals surface area contributed by atoms with E-state index >= 15 is 0 Å². The second kappa shape index (κ2) is 30.1. The predicted molar refractivity (Wildman–Crippen MR) is 222 cm³/mol. The summed E-state index contributed by atoms with van der Waals surface area (Å²) < 4.78 is 65.0. The number of phosphoric ester groups is 1. The van der Waals surface area contributed by atoms with Crippen LogP contribution in [0.3, 0.4) is 0 Å². The number of aliphatic hydroxyl groups excluding tert-OH is 10. The zero-order valence-corrected chi connectivity index (χ0v) is 38.4. The first-order valence-corrected chi connectivity index (χ1v) is 23.3. The van der Waals surface area contributed by atoms with Crippen molar-refractivity contribution >= 4 is 31.6 Å². The van der Waals surface area contributed by atoms with Gasteiger partial charge >= 0.3 is 19.8 Å². The van der Waals surface area contributed by atoms with E-state index in [0.717, 1.165) is 6.92 Å². The number of aliphatic hydroxyl groups is 10. The monoisotopic (exact) mass is 1010 g/mol. The number of amides is 2. The normalized spacial score (nSPS) is 33.3. The van der Waals surface area contributed by atoms with Gasteiger partial charge in [-0.3, -0.25) is 28.2 Å². The summed E-state index contributed by atoms with van der Waals surface area (Å²) in [7, 11) is -4.65. The summed E-state index contributed by atoms with van der Waals surface area (Å²) >= 11 is 0. The van der Waals surface area contributed by atoms with Gasteiger partial charge in [0.25, 0.3) is 0 Å². The average Bonchev–Trinajstić information content (AvgIpc) is 3.30. The molecule has 0 bridgehead atoms. The van der Waals surface area contributed by atoms with Gasteiger partial charge in [-0.05, 0) is 26.2 Å². The van der Waals surface area contributed by atoms with Gasteiger partial charge in [0.1, 0.15) is 79.9 Å². The summed E-state index contributed by atoms with van der Waals surface area (Å²) in [5.41, 5.74) is 0. The first kappa shape index (κ1) is 59.4. The highest BCUT2D eigenvalue weighted by Gasteiger charge is 2.53. The molecule has 3 rings (SSSR count). The summed E-state index contributed by atoms with van der Waals surface area (Å²) in [6.45, 7) is -1.23. The zero-order valence-electron chi connectivity index (χ0n) is 37.5. The van der Waals surface area contributed by atoms with Crippen molar-refractivity contribution in [3.05, 3.63) is 12.2 Å². The molecule has 3 heterocycles. The van der Waals surface area contributed by atoms with Crippen LogP contribution in [0, 0.1) is 0 Å². The van der Waals surface area contributed by atoms with Crippen molar-refractivity contribution in [1.82, 2.24) is 10.6 Å². The maximum Gasteiger partial charge on any atom is 0.472 e. The number of nitrogens with one attached hydrogen (secondary N) is 2. The molecule has 3 aliphatic rings. The number of allylic oxidation sites excluding steroid dienone is 1. The molecule has 3 aliphatic heterocycles. The van der Waals surface area contributed by atoms with Crippen LogP contribution in [0.25, 0.3) is 0 Å². The molecule has 68 heavy (non-hydrogen) atoms. The smallest absolute Gasteiger partial charge is 0.462 e. The van der Waals surface area contributed by atoms with Crippen molar-refractivity contribution in [3.63, 3.8) is 0 Å². The Morgan fingerprint density at radius 3 is 1.71 bits per heavy atom. The number of rotatable bonds is 29. The minimum absolute atomic E-state index is 0.0322. The third-order valence-electron chi connectivity index (χ3n) is 10.4. The van der Waals surface area contributed by atoms with Crippen molar-refractivity contribution in [3.8, 4) is 0 Å². The number of unbranched alkanes of at least 4 members (excludes halogenated alkanes) is 1. The third-order valence-corrected chi connectivity index (χ3v) is 11.4. The summed E-state index contributed by atoms with van der Waals surface area (Å²) in [5, 5.41) is 109. The Hall–Kier alpha value is -2.91. The number of carbonyl (C=O) groups is 4.